The number of rotatable bonds is 3. The highest BCUT2D eigenvalue weighted by atomic mass is 16.5. The van der Waals surface area contributed by atoms with Crippen LogP contribution < -0.4 is 0 Å². The predicted molar refractivity (Wildman–Crippen MR) is 73.9 cm³/mol. The van der Waals surface area contributed by atoms with Crippen LogP contribution in [0.1, 0.15) is 39.5 Å². The summed E-state index contributed by atoms with van der Waals surface area (Å²) < 4.78 is 5.72. The lowest BCUT2D eigenvalue weighted by atomic mass is 9.71. The van der Waals surface area contributed by atoms with Crippen molar-refractivity contribution in [3.05, 3.63) is 0 Å². The van der Waals surface area contributed by atoms with Crippen molar-refractivity contribution in [1.29, 1.82) is 0 Å². The van der Waals surface area contributed by atoms with Crippen LogP contribution in [0.2, 0.25) is 0 Å². The average Bonchev–Trinajstić information content (AvgIpc) is 2.88. The molecule has 0 N–H and O–H groups in total. The Morgan fingerprint density at radius 1 is 1.37 bits per heavy atom. The molecule has 0 aliphatic carbocycles. The van der Waals surface area contributed by atoms with Gasteiger partial charge < -0.3 is 9.64 Å². The second-order valence-corrected chi connectivity index (χ2v) is 6.78. The summed E-state index contributed by atoms with van der Waals surface area (Å²) in [4.78, 5) is 16.9. The summed E-state index contributed by atoms with van der Waals surface area (Å²) in [7, 11) is 0. The Morgan fingerprint density at radius 3 is 2.84 bits per heavy atom. The number of amides is 1. The van der Waals surface area contributed by atoms with Gasteiger partial charge in [0.1, 0.15) is 0 Å². The largest absolute Gasteiger partial charge is 0.377 e. The molecule has 0 unspecified atom stereocenters. The van der Waals surface area contributed by atoms with Gasteiger partial charge in [-0.3, -0.25) is 9.69 Å². The molecule has 3 aliphatic rings. The molecule has 2 atom stereocenters. The molecule has 4 nitrogen and oxygen atoms in total. The topological polar surface area (TPSA) is 32.8 Å². The van der Waals surface area contributed by atoms with Crippen LogP contribution in [0.5, 0.6) is 0 Å². The standard InChI is InChI=1S/C15H26N2O2/c1-12(2)17-11-15(14(17)18)6-4-7-16(10-15)9-13-5-3-8-19-13/h12-13H,3-11H2,1-2H3/t13-,15-/m0/s1. The van der Waals surface area contributed by atoms with Crippen LogP contribution in [-0.2, 0) is 9.53 Å². The summed E-state index contributed by atoms with van der Waals surface area (Å²) in [5.41, 5.74) is -0.0544. The fourth-order valence-corrected chi connectivity index (χ4v) is 3.86. The van der Waals surface area contributed by atoms with Crippen molar-refractivity contribution >= 4 is 5.91 Å². The van der Waals surface area contributed by atoms with Gasteiger partial charge in [-0.05, 0) is 46.1 Å². The van der Waals surface area contributed by atoms with Gasteiger partial charge in [0, 0.05) is 32.3 Å². The van der Waals surface area contributed by atoms with Crippen LogP contribution >= 0.6 is 0 Å². The Bertz CT molecular complexity index is 352. The van der Waals surface area contributed by atoms with Crippen LogP contribution in [0.25, 0.3) is 0 Å². The van der Waals surface area contributed by atoms with Gasteiger partial charge in [0.25, 0.3) is 0 Å². The van der Waals surface area contributed by atoms with Crippen molar-refractivity contribution in [3.8, 4) is 0 Å². The van der Waals surface area contributed by atoms with Crippen molar-refractivity contribution < 1.29 is 9.53 Å². The number of hydrogen-bond donors (Lipinski definition) is 0. The van der Waals surface area contributed by atoms with Gasteiger partial charge in [0.05, 0.1) is 11.5 Å². The Morgan fingerprint density at radius 2 is 2.21 bits per heavy atom. The van der Waals surface area contributed by atoms with Crippen LogP contribution in [0.15, 0.2) is 0 Å². The summed E-state index contributed by atoms with van der Waals surface area (Å²) in [6.07, 6.45) is 5.03. The number of β-lactam (4-membered cyclic amide) rings is 1. The highest BCUT2D eigenvalue weighted by molar-refractivity contribution is 5.89. The number of likely N-dealkylation sites (tertiary alicyclic amines) is 2. The van der Waals surface area contributed by atoms with Crippen LogP contribution in [0.4, 0.5) is 0 Å². The van der Waals surface area contributed by atoms with Crippen molar-refractivity contribution in [2.45, 2.75) is 51.7 Å². The number of carbonyl (C=O) groups excluding carboxylic acids is 1. The number of nitrogens with zero attached hydrogens (tertiary/aromatic N) is 2. The second kappa shape index (κ2) is 5.06. The summed E-state index contributed by atoms with van der Waals surface area (Å²) in [6, 6.07) is 0.353. The maximum atomic E-state index is 12.4. The fraction of sp³-hybridized carbons (Fsp3) is 0.933. The van der Waals surface area contributed by atoms with E-state index in [0.29, 0.717) is 18.1 Å². The molecule has 1 amide bonds. The van der Waals surface area contributed by atoms with E-state index in [1.807, 2.05) is 4.90 Å². The quantitative estimate of drug-likeness (QED) is 0.726. The van der Waals surface area contributed by atoms with Gasteiger partial charge in [-0.15, -0.1) is 0 Å². The summed E-state index contributed by atoms with van der Waals surface area (Å²) in [5.74, 6) is 0.388. The minimum Gasteiger partial charge on any atom is -0.377 e. The van der Waals surface area contributed by atoms with Crippen LogP contribution in [-0.4, -0.2) is 60.6 Å². The third kappa shape index (κ3) is 2.40. The number of piperidine rings is 1. The van der Waals surface area contributed by atoms with Crippen molar-refractivity contribution in [2.24, 2.45) is 5.41 Å². The number of carbonyl (C=O) groups is 1. The second-order valence-electron chi connectivity index (χ2n) is 6.78. The lowest BCUT2D eigenvalue weighted by molar-refractivity contribution is -0.170. The van der Waals surface area contributed by atoms with E-state index in [9.17, 15) is 4.79 Å². The highest BCUT2D eigenvalue weighted by Gasteiger charge is 2.54. The Kier molecular flexibility index (Phi) is 3.56. The molecule has 3 saturated heterocycles. The Labute approximate surface area is 116 Å². The zero-order chi connectivity index (χ0) is 13.5. The summed E-state index contributed by atoms with van der Waals surface area (Å²) >= 11 is 0. The maximum Gasteiger partial charge on any atom is 0.232 e. The van der Waals surface area contributed by atoms with Gasteiger partial charge in [0.2, 0.25) is 5.91 Å². The Balaban J connectivity index is 1.58. The number of hydrogen-bond acceptors (Lipinski definition) is 3. The average molecular weight is 266 g/mol. The normalized spacial score (nSPS) is 36.3. The van der Waals surface area contributed by atoms with E-state index in [1.165, 1.54) is 12.8 Å². The molecule has 3 fully saturated rings. The molecule has 3 aliphatic heterocycles. The van der Waals surface area contributed by atoms with E-state index >= 15 is 0 Å². The summed E-state index contributed by atoms with van der Waals surface area (Å²) in [6.45, 7) is 9.22. The molecule has 1 spiro atoms. The molecular weight excluding hydrogens is 240 g/mol. The molecule has 0 saturated carbocycles. The monoisotopic (exact) mass is 266 g/mol. The SMILES string of the molecule is CC(C)N1C[C@@]2(CCCN(C[C@@H]3CCCO3)C2)C1=O. The first kappa shape index (κ1) is 13.4. The molecule has 0 aromatic carbocycles. The lowest BCUT2D eigenvalue weighted by Gasteiger charge is -2.55. The minimum atomic E-state index is -0.0544. The van der Waals surface area contributed by atoms with E-state index in [1.54, 1.807) is 0 Å². The van der Waals surface area contributed by atoms with Gasteiger partial charge in [-0.1, -0.05) is 0 Å². The third-order valence-electron chi connectivity index (χ3n) is 4.95. The van der Waals surface area contributed by atoms with E-state index in [-0.39, 0.29) is 5.41 Å². The third-order valence-corrected chi connectivity index (χ3v) is 4.95. The highest BCUT2D eigenvalue weighted by Crippen LogP contribution is 2.41. The Hall–Kier alpha value is -0.610. The molecule has 19 heavy (non-hydrogen) atoms. The predicted octanol–water partition coefficient (Wildman–Crippen LogP) is 1.50. The van der Waals surface area contributed by atoms with Gasteiger partial charge in [0.15, 0.2) is 0 Å². The van der Waals surface area contributed by atoms with Crippen LogP contribution in [0.3, 0.4) is 0 Å². The lowest BCUT2D eigenvalue weighted by Crippen LogP contribution is -2.68. The van der Waals surface area contributed by atoms with Gasteiger partial charge >= 0.3 is 0 Å². The van der Waals surface area contributed by atoms with Gasteiger partial charge in [-0.25, -0.2) is 0 Å². The molecule has 0 aromatic heterocycles. The molecule has 3 heterocycles. The molecule has 4 heteroatoms. The minimum absolute atomic E-state index is 0.0544. The van der Waals surface area contributed by atoms with E-state index in [0.717, 1.165) is 45.6 Å². The van der Waals surface area contributed by atoms with Crippen molar-refractivity contribution in [3.63, 3.8) is 0 Å². The molecule has 0 radical (unpaired) electrons. The van der Waals surface area contributed by atoms with E-state index < -0.39 is 0 Å². The smallest absolute Gasteiger partial charge is 0.232 e. The molecule has 108 valence electrons. The molecule has 0 bridgehead atoms. The zero-order valence-corrected chi connectivity index (χ0v) is 12.2. The van der Waals surface area contributed by atoms with E-state index in [2.05, 4.69) is 18.7 Å². The molecule has 3 rings (SSSR count). The first-order valence-corrected chi connectivity index (χ1v) is 7.76. The zero-order valence-electron chi connectivity index (χ0n) is 12.2. The fourth-order valence-electron chi connectivity index (χ4n) is 3.86. The first-order chi connectivity index (χ1) is 9.11. The van der Waals surface area contributed by atoms with Crippen molar-refractivity contribution in [2.75, 3.05) is 32.8 Å². The number of ether oxygens (including phenoxy) is 1. The van der Waals surface area contributed by atoms with Crippen LogP contribution in [0, 0.1) is 5.41 Å². The van der Waals surface area contributed by atoms with Gasteiger partial charge in [-0.2, -0.15) is 0 Å². The molecule has 0 aromatic rings. The summed E-state index contributed by atoms with van der Waals surface area (Å²) in [5, 5.41) is 0. The van der Waals surface area contributed by atoms with Crippen molar-refractivity contribution in [1.82, 2.24) is 9.80 Å². The first-order valence-electron chi connectivity index (χ1n) is 7.76. The maximum absolute atomic E-state index is 12.4. The molecular formula is C15H26N2O2. The van der Waals surface area contributed by atoms with E-state index in [4.69, 9.17) is 4.74 Å².